The van der Waals surface area contributed by atoms with Crippen LogP contribution in [-0.4, -0.2) is 21.0 Å². The van der Waals surface area contributed by atoms with E-state index in [9.17, 15) is 8.42 Å². The van der Waals surface area contributed by atoms with Crippen molar-refractivity contribution >= 4 is 10.0 Å². The van der Waals surface area contributed by atoms with Crippen molar-refractivity contribution in [3.8, 4) is 0 Å². The number of sulfonamides is 1. The SMILES string of the molecule is Cc1ccc(S(=O)(=O)NC(CN)CC(C)C)cc1C. The Morgan fingerprint density at radius 1 is 1.21 bits per heavy atom. The van der Waals surface area contributed by atoms with Gasteiger partial charge in [0.2, 0.25) is 10.0 Å². The van der Waals surface area contributed by atoms with Crippen molar-refractivity contribution in [2.45, 2.75) is 45.1 Å². The molecule has 0 aliphatic carbocycles. The Labute approximate surface area is 116 Å². The molecule has 1 rings (SSSR count). The van der Waals surface area contributed by atoms with Gasteiger partial charge in [0.1, 0.15) is 0 Å². The van der Waals surface area contributed by atoms with Crippen molar-refractivity contribution in [1.82, 2.24) is 4.72 Å². The molecule has 0 fully saturated rings. The normalized spacial score (nSPS) is 13.8. The van der Waals surface area contributed by atoms with Crippen LogP contribution in [0.5, 0.6) is 0 Å². The molecule has 5 heteroatoms. The molecule has 0 radical (unpaired) electrons. The Morgan fingerprint density at radius 3 is 2.32 bits per heavy atom. The van der Waals surface area contributed by atoms with Crippen LogP contribution in [0.15, 0.2) is 23.1 Å². The Hall–Kier alpha value is -0.910. The van der Waals surface area contributed by atoms with Crippen molar-refractivity contribution in [3.63, 3.8) is 0 Å². The highest BCUT2D eigenvalue weighted by Crippen LogP contribution is 2.16. The van der Waals surface area contributed by atoms with Crippen molar-refractivity contribution in [2.24, 2.45) is 11.7 Å². The number of hydrogen-bond donors (Lipinski definition) is 2. The fourth-order valence-electron chi connectivity index (χ4n) is 1.93. The molecule has 1 unspecified atom stereocenters. The summed E-state index contributed by atoms with van der Waals surface area (Å²) in [6.45, 7) is 8.27. The monoisotopic (exact) mass is 284 g/mol. The van der Waals surface area contributed by atoms with Gasteiger partial charge >= 0.3 is 0 Å². The molecule has 0 aliphatic rings. The summed E-state index contributed by atoms with van der Waals surface area (Å²) in [7, 11) is -3.49. The first kappa shape index (κ1) is 16.1. The predicted octanol–water partition coefficient (Wildman–Crippen LogP) is 1.96. The lowest BCUT2D eigenvalue weighted by Crippen LogP contribution is -2.41. The molecule has 3 N–H and O–H groups in total. The number of aryl methyl sites for hydroxylation is 2. The van der Waals surface area contributed by atoms with E-state index in [1.54, 1.807) is 12.1 Å². The third kappa shape index (κ3) is 4.60. The maximum Gasteiger partial charge on any atom is 0.240 e. The van der Waals surface area contributed by atoms with Gasteiger partial charge in [0, 0.05) is 12.6 Å². The Morgan fingerprint density at radius 2 is 1.84 bits per heavy atom. The van der Waals surface area contributed by atoms with E-state index in [0.29, 0.717) is 17.4 Å². The molecule has 0 spiro atoms. The minimum absolute atomic E-state index is 0.216. The first-order chi connectivity index (χ1) is 8.76. The molecule has 0 bridgehead atoms. The highest BCUT2D eigenvalue weighted by atomic mass is 32.2. The lowest BCUT2D eigenvalue weighted by atomic mass is 10.1. The van der Waals surface area contributed by atoms with Gasteiger partial charge in [0.15, 0.2) is 0 Å². The minimum Gasteiger partial charge on any atom is -0.329 e. The van der Waals surface area contributed by atoms with Gasteiger partial charge in [0.05, 0.1) is 4.90 Å². The Bertz CT molecular complexity index is 524. The van der Waals surface area contributed by atoms with Crippen LogP contribution in [0.2, 0.25) is 0 Å². The number of rotatable bonds is 6. The molecule has 4 nitrogen and oxygen atoms in total. The van der Waals surface area contributed by atoms with E-state index in [4.69, 9.17) is 5.73 Å². The predicted molar refractivity (Wildman–Crippen MR) is 78.5 cm³/mol. The van der Waals surface area contributed by atoms with Crippen LogP contribution in [0.3, 0.4) is 0 Å². The molecule has 0 aromatic heterocycles. The fourth-order valence-corrected chi connectivity index (χ4v) is 3.28. The smallest absolute Gasteiger partial charge is 0.240 e. The zero-order valence-corrected chi connectivity index (χ0v) is 12.9. The lowest BCUT2D eigenvalue weighted by molar-refractivity contribution is 0.465. The van der Waals surface area contributed by atoms with Crippen LogP contribution < -0.4 is 10.5 Å². The van der Waals surface area contributed by atoms with E-state index in [2.05, 4.69) is 4.72 Å². The van der Waals surface area contributed by atoms with E-state index >= 15 is 0 Å². The van der Waals surface area contributed by atoms with Crippen LogP contribution >= 0.6 is 0 Å². The summed E-state index contributed by atoms with van der Waals surface area (Å²) in [6.07, 6.45) is 0.737. The molecule has 0 saturated carbocycles. The van der Waals surface area contributed by atoms with Crippen molar-refractivity contribution in [2.75, 3.05) is 6.54 Å². The van der Waals surface area contributed by atoms with Gasteiger partial charge in [-0.25, -0.2) is 13.1 Å². The summed E-state index contributed by atoms with van der Waals surface area (Å²) in [5, 5.41) is 0. The van der Waals surface area contributed by atoms with Gasteiger partial charge in [-0.1, -0.05) is 19.9 Å². The van der Waals surface area contributed by atoms with Gasteiger partial charge in [-0.15, -0.1) is 0 Å². The maximum atomic E-state index is 12.3. The average molecular weight is 284 g/mol. The van der Waals surface area contributed by atoms with E-state index in [1.165, 1.54) is 0 Å². The topological polar surface area (TPSA) is 72.2 Å². The van der Waals surface area contributed by atoms with Crippen molar-refractivity contribution in [1.29, 1.82) is 0 Å². The zero-order chi connectivity index (χ0) is 14.6. The third-order valence-corrected chi connectivity index (χ3v) is 4.67. The van der Waals surface area contributed by atoms with Crippen LogP contribution in [0, 0.1) is 19.8 Å². The molecular weight excluding hydrogens is 260 g/mol. The standard InChI is InChI=1S/C14H24N2O2S/c1-10(2)7-13(9-15)16-19(17,18)14-6-5-11(3)12(4)8-14/h5-6,8,10,13,16H,7,9,15H2,1-4H3. The van der Waals surface area contributed by atoms with Gasteiger partial charge in [-0.05, 0) is 49.4 Å². The molecule has 1 aromatic rings. The van der Waals surface area contributed by atoms with E-state index in [1.807, 2.05) is 33.8 Å². The zero-order valence-electron chi connectivity index (χ0n) is 12.1. The summed E-state index contributed by atoms with van der Waals surface area (Å²) in [5.41, 5.74) is 7.68. The lowest BCUT2D eigenvalue weighted by Gasteiger charge is -2.19. The van der Waals surface area contributed by atoms with E-state index < -0.39 is 10.0 Å². The molecule has 108 valence electrons. The molecule has 1 aromatic carbocycles. The quantitative estimate of drug-likeness (QED) is 0.838. The molecule has 0 amide bonds. The number of nitrogens with one attached hydrogen (secondary N) is 1. The first-order valence-corrected chi connectivity index (χ1v) is 8.04. The maximum absolute atomic E-state index is 12.3. The van der Waals surface area contributed by atoms with Crippen molar-refractivity contribution < 1.29 is 8.42 Å². The molecule has 19 heavy (non-hydrogen) atoms. The largest absolute Gasteiger partial charge is 0.329 e. The molecule has 1 atom stereocenters. The average Bonchev–Trinajstić information content (AvgIpc) is 2.30. The summed E-state index contributed by atoms with van der Waals surface area (Å²) < 4.78 is 27.2. The number of benzene rings is 1. The minimum atomic E-state index is -3.49. The van der Waals surface area contributed by atoms with Crippen molar-refractivity contribution in [3.05, 3.63) is 29.3 Å². The second-order valence-electron chi connectivity index (χ2n) is 5.43. The van der Waals surface area contributed by atoms with Crippen LogP contribution in [-0.2, 0) is 10.0 Å². The van der Waals surface area contributed by atoms with Gasteiger partial charge < -0.3 is 5.73 Å². The molecule has 0 saturated heterocycles. The van der Waals surface area contributed by atoms with Crippen LogP contribution in [0.25, 0.3) is 0 Å². The van der Waals surface area contributed by atoms with Gasteiger partial charge in [0.25, 0.3) is 0 Å². The van der Waals surface area contributed by atoms with Gasteiger partial charge in [-0.2, -0.15) is 0 Å². The van der Waals surface area contributed by atoms with Crippen LogP contribution in [0.4, 0.5) is 0 Å². The second-order valence-corrected chi connectivity index (χ2v) is 7.14. The third-order valence-electron chi connectivity index (χ3n) is 3.15. The Kier molecular flexibility index (Phi) is 5.52. The van der Waals surface area contributed by atoms with E-state index in [-0.39, 0.29) is 6.04 Å². The number of hydrogen-bond acceptors (Lipinski definition) is 3. The van der Waals surface area contributed by atoms with Crippen LogP contribution in [0.1, 0.15) is 31.4 Å². The molecular formula is C14H24N2O2S. The number of nitrogens with two attached hydrogens (primary N) is 1. The fraction of sp³-hybridized carbons (Fsp3) is 0.571. The molecule has 0 heterocycles. The highest BCUT2D eigenvalue weighted by molar-refractivity contribution is 7.89. The summed E-state index contributed by atoms with van der Waals surface area (Å²) in [4.78, 5) is 0.304. The summed E-state index contributed by atoms with van der Waals surface area (Å²) in [6, 6.07) is 4.93. The van der Waals surface area contributed by atoms with E-state index in [0.717, 1.165) is 17.5 Å². The van der Waals surface area contributed by atoms with Gasteiger partial charge in [-0.3, -0.25) is 0 Å². The summed E-state index contributed by atoms with van der Waals surface area (Å²) >= 11 is 0. The first-order valence-electron chi connectivity index (χ1n) is 6.56. The Balaban J connectivity index is 2.93. The second kappa shape index (κ2) is 6.50. The molecule has 0 aliphatic heterocycles. The highest BCUT2D eigenvalue weighted by Gasteiger charge is 2.20. The summed E-state index contributed by atoms with van der Waals surface area (Å²) in [5.74, 6) is 0.399.